The molecular formula is C12H16BrClO. The van der Waals surface area contributed by atoms with Crippen LogP contribution in [0.15, 0.2) is 18.2 Å². The van der Waals surface area contributed by atoms with Crippen molar-refractivity contribution in [3.8, 4) is 5.75 Å². The first-order valence-electron chi connectivity index (χ1n) is 5.12. The van der Waals surface area contributed by atoms with E-state index in [1.165, 1.54) is 0 Å². The number of hydrogen-bond acceptors (Lipinski definition) is 1. The normalized spacial score (nSPS) is 12.5. The van der Waals surface area contributed by atoms with Crippen LogP contribution in [-0.2, 0) is 0 Å². The zero-order valence-electron chi connectivity index (χ0n) is 9.09. The van der Waals surface area contributed by atoms with Gasteiger partial charge in [-0.05, 0) is 37.1 Å². The molecule has 0 aliphatic heterocycles. The molecule has 0 aromatic heterocycles. The average molecular weight is 292 g/mol. The maximum atomic E-state index is 5.87. The van der Waals surface area contributed by atoms with E-state index >= 15 is 0 Å². The van der Waals surface area contributed by atoms with Crippen molar-refractivity contribution < 1.29 is 4.74 Å². The maximum Gasteiger partial charge on any atom is 0.122 e. The highest BCUT2D eigenvalue weighted by atomic mass is 79.9. The molecule has 1 aromatic rings. The van der Waals surface area contributed by atoms with Crippen LogP contribution < -0.4 is 4.74 Å². The van der Waals surface area contributed by atoms with Gasteiger partial charge in [-0.2, -0.15) is 0 Å². The molecule has 1 atom stereocenters. The van der Waals surface area contributed by atoms with Gasteiger partial charge in [-0.15, -0.1) is 0 Å². The second-order valence-corrected chi connectivity index (χ2v) is 4.73. The van der Waals surface area contributed by atoms with Crippen LogP contribution in [0.2, 0.25) is 5.02 Å². The Morgan fingerprint density at radius 1 is 1.47 bits per heavy atom. The molecular weight excluding hydrogens is 275 g/mol. The van der Waals surface area contributed by atoms with E-state index in [1.807, 2.05) is 25.1 Å². The van der Waals surface area contributed by atoms with Gasteiger partial charge in [0.2, 0.25) is 0 Å². The Morgan fingerprint density at radius 2 is 2.20 bits per heavy atom. The fourth-order valence-electron chi connectivity index (χ4n) is 1.25. The molecule has 1 unspecified atom stereocenters. The van der Waals surface area contributed by atoms with Crippen LogP contribution in [0.3, 0.4) is 0 Å². The largest absolute Gasteiger partial charge is 0.493 e. The van der Waals surface area contributed by atoms with E-state index in [9.17, 15) is 0 Å². The summed E-state index contributed by atoms with van der Waals surface area (Å²) in [5, 5.41) is 1.74. The predicted molar refractivity (Wildman–Crippen MR) is 69.3 cm³/mol. The molecule has 0 radical (unpaired) electrons. The molecule has 84 valence electrons. The standard InChI is InChI=1S/C12H16BrClO/c1-3-10(7-13)8-15-12-5-4-11(14)6-9(12)2/h4-6,10H,3,7-8H2,1-2H3. The fraction of sp³-hybridized carbons (Fsp3) is 0.500. The number of halogens is 2. The lowest BCUT2D eigenvalue weighted by Gasteiger charge is -2.14. The van der Waals surface area contributed by atoms with E-state index in [4.69, 9.17) is 16.3 Å². The lowest BCUT2D eigenvalue weighted by molar-refractivity contribution is 0.258. The Balaban J connectivity index is 2.57. The first kappa shape index (κ1) is 12.9. The molecule has 0 saturated carbocycles. The van der Waals surface area contributed by atoms with Gasteiger partial charge in [0, 0.05) is 16.3 Å². The van der Waals surface area contributed by atoms with Crippen LogP contribution in [-0.4, -0.2) is 11.9 Å². The SMILES string of the molecule is CCC(CBr)COc1ccc(Cl)cc1C. The Bertz CT molecular complexity index is 310. The molecule has 0 spiro atoms. The highest BCUT2D eigenvalue weighted by molar-refractivity contribution is 9.09. The summed E-state index contributed by atoms with van der Waals surface area (Å²) in [7, 11) is 0. The summed E-state index contributed by atoms with van der Waals surface area (Å²) in [4.78, 5) is 0. The number of alkyl halides is 1. The van der Waals surface area contributed by atoms with Gasteiger partial charge in [0.1, 0.15) is 5.75 Å². The second-order valence-electron chi connectivity index (χ2n) is 3.65. The molecule has 0 N–H and O–H groups in total. The number of hydrogen-bond donors (Lipinski definition) is 0. The van der Waals surface area contributed by atoms with E-state index < -0.39 is 0 Å². The third-order valence-corrected chi connectivity index (χ3v) is 3.56. The van der Waals surface area contributed by atoms with Crippen LogP contribution in [0.5, 0.6) is 5.75 Å². The number of aryl methyl sites for hydroxylation is 1. The molecule has 1 nitrogen and oxygen atoms in total. The van der Waals surface area contributed by atoms with Gasteiger partial charge in [-0.1, -0.05) is 34.5 Å². The Kier molecular flexibility index (Phi) is 5.48. The van der Waals surface area contributed by atoms with Crippen LogP contribution >= 0.6 is 27.5 Å². The minimum absolute atomic E-state index is 0.570. The third-order valence-electron chi connectivity index (χ3n) is 2.41. The van der Waals surface area contributed by atoms with E-state index in [2.05, 4.69) is 22.9 Å². The molecule has 0 bridgehead atoms. The van der Waals surface area contributed by atoms with Gasteiger partial charge in [0.25, 0.3) is 0 Å². The van der Waals surface area contributed by atoms with Crippen molar-refractivity contribution in [1.82, 2.24) is 0 Å². The predicted octanol–water partition coefficient (Wildman–Crippen LogP) is 4.45. The lowest BCUT2D eigenvalue weighted by Crippen LogP contribution is -2.12. The first-order valence-corrected chi connectivity index (χ1v) is 6.62. The summed E-state index contributed by atoms with van der Waals surface area (Å²) in [6.45, 7) is 4.94. The summed E-state index contributed by atoms with van der Waals surface area (Å²) < 4.78 is 5.75. The topological polar surface area (TPSA) is 9.23 Å². The van der Waals surface area contributed by atoms with Crippen molar-refractivity contribution >= 4 is 27.5 Å². The summed E-state index contributed by atoms with van der Waals surface area (Å²) in [6, 6.07) is 5.71. The fourth-order valence-corrected chi connectivity index (χ4v) is 2.13. The van der Waals surface area contributed by atoms with E-state index in [0.717, 1.165) is 34.7 Å². The summed E-state index contributed by atoms with van der Waals surface area (Å²) in [5.41, 5.74) is 1.09. The smallest absolute Gasteiger partial charge is 0.122 e. The summed E-state index contributed by atoms with van der Waals surface area (Å²) >= 11 is 9.35. The zero-order valence-corrected chi connectivity index (χ0v) is 11.4. The van der Waals surface area contributed by atoms with Crippen LogP contribution in [0.25, 0.3) is 0 Å². The van der Waals surface area contributed by atoms with Gasteiger partial charge >= 0.3 is 0 Å². The average Bonchev–Trinajstić information content (AvgIpc) is 2.22. The number of ether oxygens (including phenoxy) is 1. The van der Waals surface area contributed by atoms with Crippen LogP contribution in [0.4, 0.5) is 0 Å². The van der Waals surface area contributed by atoms with E-state index in [1.54, 1.807) is 0 Å². The van der Waals surface area contributed by atoms with Crippen molar-refractivity contribution in [1.29, 1.82) is 0 Å². The van der Waals surface area contributed by atoms with Crippen molar-refractivity contribution in [2.24, 2.45) is 5.92 Å². The Labute approximate surface area is 105 Å². The molecule has 0 fully saturated rings. The van der Waals surface area contributed by atoms with Crippen LogP contribution in [0.1, 0.15) is 18.9 Å². The quantitative estimate of drug-likeness (QED) is 0.728. The van der Waals surface area contributed by atoms with E-state index in [-0.39, 0.29) is 0 Å². The molecule has 0 saturated heterocycles. The number of rotatable bonds is 5. The Hall–Kier alpha value is -0.210. The van der Waals surface area contributed by atoms with E-state index in [0.29, 0.717) is 5.92 Å². The molecule has 1 aromatic carbocycles. The van der Waals surface area contributed by atoms with Gasteiger partial charge in [-0.3, -0.25) is 0 Å². The minimum Gasteiger partial charge on any atom is -0.493 e. The van der Waals surface area contributed by atoms with Gasteiger partial charge in [0.15, 0.2) is 0 Å². The minimum atomic E-state index is 0.570. The molecule has 0 aliphatic rings. The summed E-state index contributed by atoms with van der Waals surface area (Å²) in [6.07, 6.45) is 1.12. The highest BCUT2D eigenvalue weighted by Crippen LogP contribution is 2.22. The molecule has 1 rings (SSSR count). The highest BCUT2D eigenvalue weighted by Gasteiger charge is 2.06. The Morgan fingerprint density at radius 3 is 2.73 bits per heavy atom. The third kappa shape index (κ3) is 4.04. The van der Waals surface area contributed by atoms with Crippen molar-refractivity contribution in [3.05, 3.63) is 28.8 Å². The second kappa shape index (κ2) is 6.39. The van der Waals surface area contributed by atoms with Crippen molar-refractivity contribution in [3.63, 3.8) is 0 Å². The first-order chi connectivity index (χ1) is 7.17. The number of benzene rings is 1. The lowest BCUT2D eigenvalue weighted by atomic mass is 10.1. The van der Waals surface area contributed by atoms with Crippen molar-refractivity contribution in [2.45, 2.75) is 20.3 Å². The maximum absolute atomic E-state index is 5.87. The molecule has 3 heteroatoms. The van der Waals surface area contributed by atoms with Crippen molar-refractivity contribution in [2.75, 3.05) is 11.9 Å². The molecule has 0 aliphatic carbocycles. The molecule has 15 heavy (non-hydrogen) atoms. The molecule has 0 amide bonds. The monoisotopic (exact) mass is 290 g/mol. The van der Waals surface area contributed by atoms with Crippen LogP contribution in [0, 0.1) is 12.8 Å². The van der Waals surface area contributed by atoms with Gasteiger partial charge < -0.3 is 4.74 Å². The summed E-state index contributed by atoms with van der Waals surface area (Å²) in [5.74, 6) is 1.50. The van der Waals surface area contributed by atoms with Gasteiger partial charge in [0.05, 0.1) is 6.61 Å². The zero-order chi connectivity index (χ0) is 11.3. The van der Waals surface area contributed by atoms with Gasteiger partial charge in [-0.25, -0.2) is 0 Å². The molecule has 0 heterocycles.